The van der Waals surface area contributed by atoms with E-state index in [2.05, 4.69) is 51.2 Å². The summed E-state index contributed by atoms with van der Waals surface area (Å²) >= 11 is 0. The van der Waals surface area contributed by atoms with Gasteiger partial charge in [-0.2, -0.15) is 0 Å². The van der Waals surface area contributed by atoms with Gasteiger partial charge in [-0.1, -0.05) is 56.9 Å². The fourth-order valence-electron chi connectivity index (χ4n) is 2.50. The van der Waals surface area contributed by atoms with E-state index in [0.29, 0.717) is 6.04 Å². The Labute approximate surface area is 113 Å². The number of rotatable bonds is 8. The van der Waals surface area contributed by atoms with Crippen LogP contribution in [0.15, 0.2) is 18.2 Å². The van der Waals surface area contributed by atoms with Crippen molar-refractivity contribution in [3.63, 3.8) is 0 Å². The van der Waals surface area contributed by atoms with Crippen LogP contribution < -0.4 is 5.32 Å². The highest BCUT2D eigenvalue weighted by Gasteiger charge is 2.12. The quantitative estimate of drug-likeness (QED) is 0.643. The molecule has 0 spiro atoms. The minimum atomic E-state index is 0.539. The van der Waals surface area contributed by atoms with Crippen LogP contribution in [-0.4, -0.2) is 6.54 Å². The Balaban J connectivity index is 2.73. The molecule has 1 aromatic rings. The lowest BCUT2D eigenvalue weighted by Crippen LogP contribution is -2.23. The minimum absolute atomic E-state index is 0.539. The van der Waals surface area contributed by atoms with E-state index in [1.54, 1.807) is 0 Å². The molecule has 0 saturated carbocycles. The maximum absolute atomic E-state index is 3.70. The van der Waals surface area contributed by atoms with E-state index in [1.807, 2.05) is 0 Å². The Morgan fingerprint density at radius 1 is 1.06 bits per heavy atom. The Morgan fingerprint density at radius 3 is 2.44 bits per heavy atom. The van der Waals surface area contributed by atoms with Gasteiger partial charge in [-0.15, -0.1) is 0 Å². The molecule has 0 bridgehead atoms. The summed E-state index contributed by atoms with van der Waals surface area (Å²) in [6.45, 7) is 10.0. The summed E-state index contributed by atoms with van der Waals surface area (Å²) < 4.78 is 0. The van der Waals surface area contributed by atoms with E-state index in [9.17, 15) is 0 Å². The summed E-state index contributed by atoms with van der Waals surface area (Å²) in [4.78, 5) is 0. The number of benzene rings is 1. The zero-order valence-corrected chi connectivity index (χ0v) is 12.6. The first-order valence-corrected chi connectivity index (χ1v) is 7.49. The first-order chi connectivity index (χ1) is 8.69. The van der Waals surface area contributed by atoms with Gasteiger partial charge in [-0.05, 0) is 44.4 Å². The van der Waals surface area contributed by atoms with Crippen LogP contribution in [0.4, 0.5) is 0 Å². The van der Waals surface area contributed by atoms with Gasteiger partial charge in [0.1, 0.15) is 0 Å². The van der Waals surface area contributed by atoms with E-state index in [1.165, 1.54) is 48.8 Å². The molecule has 102 valence electrons. The van der Waals surface area contributed by atoms with Crippen LogP contribution in [0, 0.1) is 13.8 Å². The summed E-state index contributed by atoms with van der Waals surface area (Å²) in [5.74, 6) is 0. The van der Waals surface area contributed by atoms with E-state index >= 15 is 0 Å². The fraction of sp³-hybridized carbons (Fsp3) is 0.647. The Kier molecular flexibility index (Phi) is 7.04. The smallest absolute Gasteiger partial charge is 0.0322 e. The topological polar surface area (TPSA) is 12.0 Å². The van der Waals surface area contributed by atoms with Gasteiger partial charge in [0.05, 0.1) is 0 Å². The predicted molar refractivity (Wildman–Crippen MR) is 81.1 cm³/mol. The molecule has 0 amide bonds. The van der Waals surface area contributed by atoms with Gasteiger partial charge in [0.25, 0.3) is 0 Å². The lowest BCUT2D eigenvalue weighted by Gasteiger charge is -2.21. The molecule has 0 fully saturated rings. The second-order valence-corrected chi connectivity index (χ2v) is 5.36. The van der Waals surface area contributed by atoms with E-state index in [4.69, 9.17) is 0 Å². The molecule has 1 heteroatoms. The summed E-state index contributed by atoms with van der Waals surface area (Å²) in [5.41, 5.74) is 4.28. The molecule has 0 heterocycles. The first kappa shape index (κ1) is 15.2. The van der Waals surface area contributed by atoms with E-state index in [-0.39, 0.29) is 0 Å². The largest absolute Gasteiger partial charge is 0.310 e. The highest BCUT2D eigenvalue weighted by Crippen LogP contribution is 2.24. The van der Waals surface area contributed by atoms with Gasteiger partial charge in [0.15, 0.2) is 0 Å². The number of aryl methyl sites for hydroxylation is 2. The van der Waals surface area contributed by atoms with E-state index in [0.717, 1.165) is 6.54 Å². The maximum Gasteiger partial charge on any atom is 0.0322 e. The average molecular weight is 247 g/mol. The SMILES string of the molecule is CCCCCC(NCCC)c1ccc(C)cc1C. The van der Waals surface area contributed by atoms with Gasteiger partial charge < -0.3 is 5.32 Å². The second kappa shape index (κ2) is 8.31. The summed E-state index contributed by atoms with van der Waals surface area (Å²) in [7, 11) is 0. The van der Waals surface area contributed by atoms with Crippen molar-refractivity contribution >= 4 is 0 Å². The van der Waals surface area contributed by atoms with Gasteiger partial charge in [-0.25, -0.2) is 0 Å². The lowest BCUT2D eigenvalue weighted by molar-refractivity contribution is 0.473. The van der Waals surface area contributed by atoms with Crippen molar-refractivity contribution in [2.45, 2.75) is 65.8 Å². The zero-order valence-electron chi connectivity index (χ0n) is 12.6. The third-order valence-electron chi connectivity index (χ3n) is 3.54. The van der Waals surface area contributed by atoms with Gasteiger partial charge in [0.2, 0.25) is 0 Å². The Hall–Kier alpha value is -0.820. The molecule has 0 saturated heterocycles. The summed E-state index contributed by atoms with van der Waals surface area (Å²) in [6.07, 6.45) is 6.43. The Bertz CT molecular complexity index is 343. The Morgan fingerprint density at radius 2 is 1.83 bits per heavy atom. The normalized spacial score (nSPS) is 12.7. The molecule has 18 heavy (non-hydrogen) atoms. The van der Waals surface area contributed by atoms with Crippen LogP contribution in [0.25, 0.3) is 0 Å². The van der Waals surface area contributed by atoms with Crippen molar-refractivity contribution < 1.29 is 0 Å². The number of hydrogen-bond acceptors (Lipinski definition) is 1. The van der Waals surface area contributed by atoms with Crippen molar-refractivity contribution in [1.29, 1.82) is 0 Å². The summed E-state index contributed by atoms with van der Waals surface area (Å²) in [6, 6.07) is 7.39. The van der Waals surface area contributed by atoms with Gasteiger partial charge >= 0.3 is 0 Å². The van der Waals surface area contributed by atoms with Crippen molar-refractivity contribution in [2.75, 3.05) is 6.54 Å². The third-order valence-corrected chi connectivity index (χ3v) is 3.54. The molecular weight excluding hydrogens is 218 g/mol. The number of hydrogen-bond donors (Lipinski definition) is 1. The molecule has 1 atom stereocenters. The lowest BCUT2D eigenvalue weighted by atomic mass is 9.95. The molecule has 0 radical (unpaired) electrons. The molecule has 0 aliphatic carbocycles. The molecule has 1 N–H and O–H groups in total. The third kappa shape index (κ3) is 4.81. The van der Waals surface area contributed by atoms with Crippen LogP contribution in [0.1, 0.15) is 68.7 Å². The second-order valence-electron chi connectivity index (χ2n) is 5.36. The maximum atomic E-state index is 3.70. The van der Waals surface area contributed by atoms with Crippen LogP contribution >= 0.6 is 0 Å². The highest BCUT2D eigenvalue weighted by molar-refractivity contribution is 5.32. The molecule has 0 aromatic heterocycles. The zero-order chi connectivity index (χ0) is 13.4. The van der Waals surface area contributed by atoms with Crippen LogP contribution in [0.3, 0.4) is 0 Å². The average Bonchev–Trinajstić information content (AvgIpc) is 2.34. The molecule has 1 unspecified atom stereocenters. The minimum Gasteiger partial charge on any atom is -0.310 e. The molecule has 0 aliphatic rings. The molecular formula is C17H29N. The predicted octanol–water partition coefficient (Wildman–Crippen LogP) is 4.92. The fourth-order valence-corrected chi connectivity index (χ4v) is 2.50. The van der Waals surface area contributed by atoms with Gasteiger partial charge in [-0.3, -0.25) is 0 Å². The molecule has 1 aromatic carbocycles. The van der Waals surface area contributed by atoms with Gasteiger partial charge in [0, 0.05) is 6.04 Å². The van der Waals surface area contributed by atoms with Crippen molar-refractivity contribution in [3.8, 4) is 0 Å². The standard InChI is InChI=1S/C17H29N/c1-5-7-8-9-17(18-12-6-2)16-11-10-14(3)13-15(16)4/h10-11,13,17-18H,5-9,12H2,1-4H3. The molecule has 1 nitrogen and oxygen atoms in total. The summed E-state index contributed by atoms with van der Waals surface area (Å²) in [5, 5.41) is 3.70. The number of nitrogens with one attached hydrogen (secondary N) is 1. The van der Waals surface area contributed by atoms with E-state index < -0.39 is 0 Å². The van der Waals surface area contributed by atoms with Crippen LogP contribution in [-0.2, 0) is 0 Å². The monoisotopic (exact) mass is 247 g/mol. The molecule has 0 aliphatic heterocycles. The molecule has 1 rings (SSSR count). The van der Waals surface area contributed by atoms with Crippen molar-refractivity contribution in [3.05, 3.63) is 34.9 Å². The first-order valence-electron chi connectivity index (χ1n) is 7.49. The van der Waals surface area contributed by atoms with Crippen molar-refractivity contribution in [1.82, 2.24) is 5.32 Å². The number of unbranched alkanes of at least 4 members (excludes halogenated alkanes) is 2. The van der Waals surface area contributed by atoms with Crippen LogP contribution in [0.5, 0.6) is 0 Å². The highest BCUT2D eigenvalue weighted by atomic mass is 14.9. The van der Waals surface area contributed by atoms with Crippen LogP contribution in [0.2, 0.25) is 0 Å². The van der Waals surface area contributed by atoms with Crippen molar-refractivity contribution in [2.24, 2.45) is 0 Å².